The molecule has 28 heavy (non-hydrogen) atoms. The Labute approximate surface area is 167 Å². The van der Waals surface area contributed by atoms with Crippen LogP contribution < -0.4 is 0 Å². The Bertz CT molecular complexity index is 825. The van der Waals surface area contributed by atoms with Crippen molar-refractivity contribution in [3.63, 3.8) is 0 Å². The highest BCUT2D eigenvalue weighted by atomic mass is 16.6. The van der Waals surface area contributed by atoms with Gasteiger partial charge in [-0.1, -0.05) is 50.8 Å². The maximum atomic E-state index is 12.8. The van der Waals surface area contributed by atoms with E-state index in [0.717, 1.165) is 24.0 Å². The van der Waals surface area contributed by atoms with Crippen molar-refractivity contribution in [3.05, 3.63) is 53.6 Å². The fraction of sp³-hybridized carbons (Fsp3) is 0.500. The molecule has 1 unspecified atom stereocenters. The summed E-state index contributed by atoms with van der Waals surface area (Å²) in [6.07, 6.45) is 6.58. The molecule has 0 heterocycles. The minimum atomic E-state index is -0.529. The van der Waals surface area contributed by atoms with E-state index >= 15 is 0 Å². The number of hydrogen-bond donors (Lipinski definition) is 0. The normalized spacial score (nSPS) is 25.2. The predicted octanol–water partition coefficient (Wildman–Crippen LogP) is 5.03. The van der Waals surface area contributed by atoms with Crippen LogP contribution >= 0.6 is 0 Å². The molecule has 2 aliphatic rings. The van der Waals surface area contributed by atoms with Gasteiger partial charge >= 0.3 is 11.9 Å². The Hall–Kier alpha value is -2.36. The molecule has 3 atom stereocenters. The van der Waals surface area contributed by atoms with Crippen LogP contribution in [-0.2, 0) is 25.5 Å². The molecule has 1 aromatic rings. The summed E-state index contributed by atoms with van der Waals surface area (Å²) in [6, 6.07) is 6.05. The molecule has 4 nitrogen and oxygen atoms in total. The third-order valence-corrected chi connectivity index (χ3v) is 5.74. The molecule has 0 aliphatic heterocycles. The first-order valence-electron chi connectivity index (χ1n) is 9.90. The summed E-state index contributed by atoms with van der Waals surface area (Å²) in [5, 5.41) is 0. The van der Waals surface area contributed by atoms with Crippen LogP contribution in [0, 0.1) is 17.3 Å². The molecule has 1 aromatic carbocycles. The molecule has 0 amide bonds. The number of carbonyl (C=O) groups is 2. The topological polar surface area (TPSA) is 52.6 Å². The number of carbonyl (C=O) groups excluding carboxylic acids is 2. The van der Waals surface area contributed by atoms with Crippen molar-refractivity contribution in [2.24, 2.45) is 17.3 Å². The second-order valence-electron chi connectivity index (χ2n) is 9.30. The van der Waals surface area contributed by atoms with E-state index in [4.69, 9.17) is 9.47 Å². The van der Waals surface area contributed by atoms with Gasteiger partial charge in [0, 0.05) is 6.08 Å². The first-order chi connectivity index (χ1) is 13.0. The summed E-state index contributed by atoms with van der Waals surface area (Å²) in [5.74, 6) is -0.833. The lowest BCUT2D eigenvalue weighted by molar-refractivity contribution is -0.152. The van der Waals surface area contributed by atoms with E-state index in [1.54, 1.807) is 6.08 Å². The van der Waals surface area contributed by atoms with Crippen molar-refractivity contribution in [2.45, 2.75) is 59.2 Å². The van der Waals surface area contributed by atoms with E-state index in [-0.39, 0.29) is 35.3 Å². The van der Waals surface area contributed by atoms with Crippen LogP contribution in [0.3, 0.4) is 0 Å². The first kappa shape index (κ1) is 20.4. The van der Waals surface area contributed by atoms with Gasteiger partial charge in [-0.2, -0.15) is 0 Å². The number of ether oxygens (including phenoxy) is 2. The molecule has 0 radical (unpaired) electrons. The van der Waals surface area contributed by atoms with Gasteiger partial charge in [0.15, 0.2) is 0 Å². The van der Waals surface area contributed by atoms with E-state index in [1.807, 2.05) is 58.9 Å². The highest BCUT2D eigenvalue weighted by Gasteiger charge is 2.61. The molecule has 0 N–H and O–H groups in total. The van der Waals surface area contributed by atoms with Crippen LogP contribution in [0.15, 0.2) is 36.9 Å². The maximum absolute atomic E-state index is 12.8. The fourth-order valence-electron chi connectivity index (χ4n) is 4.18. The zero-order valence-electron chi connectivity index (χ0n) is 17.5. The van der Waals surface area contributed by atoms with E-state index < -0.39 is 5.60 Å². The molecular weight excluding hydrogens is 352 g/mol. The van der Waals surface area contributed by atoms with Gasteiger partial charge in [0.05, 0.1) is 5.92 Å². The Morgan fingerprint density at radius 1 is 1.25 bits per heavy atom. The number of hydrogen-bond acceptors (Lipinski definition) is 4. The standard InChI is InChI=1S/C24H30O4/c1-7-15-9-8-10-17-16(15)11-13-19(17)27-22(26)21-18(24(21,5)6)12-14-20(25)28-23(2,3)4/h7-10,12,14,18-19,21H,1,11,13H2,2-6H3/t18-,19?,21-/m0/s1. The molecule has 0 saturated heterocycles. The molecule has 2 aliphatic carbocycles. The van der Waals surface area contributed by atoms with Crippen molar-refractivity contribution in [3.8, 4) is 0 Å². The van der Waals surface area contributed by atoms with Crippen LogP contribution in [0.4, 0.5) is 0 Å². The SMILES string of the molecule is C=Cc1cccc2c1CCC2OC(=O)[C@@H]1[C@H](C=CC(=O)OC(C)(C)C)C1(C)C. The van der Waals surface area contributed by atoms with Gasteiger partial charge in [-0.15, -0.1) is 0 Å². The smallest absolute Gasteiger partial charge is 0.330 e. The van der Waals surface area contributed by atoms with Gasteiger partial charge < -0.3 is 9.47 Å². The lowest BCUT2D eigenvalue weighted by Gasteiger charge is -2.17. The number of rotatable bonds is 5. The van der Waals surface area contributed by atoms with Crippen LogP contribution in [0.25, 0.3) is 6.08 Å². The van der Waals surface area contributed by atoms with E-state index in [9.17, 15) is 9.59 Å². The van der Waals surface area contributed by atoms with Crippen LogP contribution in [0.2, 0.25) is 0 Å². The summed E-state index contributed by atoms with van der Waals surface area (Å²) in [7, 11) is 0. The summed E-state index contributed by atoms with van der Waals surface area (Å²) in [6.45, 7) is 13.4. The summed E-state index contributed by atoms with van der Waals surface area (Å²) >= 11 is 0. The number of fused-ring (bicyclic) bond motifs is 1. The van der Waals surface area contributed by atoms with Gasteiger partial charge in [0.25, 0.3) is 0 Å². The zero-order valence-corrected chi connectivity index (χ0v) is 17.5. The van der Waals surface area contributed by atoms with Gasteiger partial charge in [-0.05, 0) is 61.6 Å². The molecule has 1 fully saturated rings. The molecular formula is C24H30O4. The molecule has 4 heteroatoms. The Morgan fingerprint density at radius 3 is 2.61 bits per heavy atom. The second kappa shape index (κ2) is 7.23. The van der Waals surface area contributed by atoms with Crippen LogP contribution in [0.5, 0.6) is 0 Å². The van der Waals surface area contributed by atoms with Gasteiger partial charge in [-0.3, -0.25) is 4.79 Å². The van der Waals surface area contributed by atoms with Crippen molar-refractivity contribution in [2.75, 3.05) is 0 Å². The largest absolute Gasteiger partial charge is 0.457 e. The zero-order chi connectivity index (χ0) is 20.7. The van der Waals surface area contributed by atoms with Crippen LogP contribution in [0.1, 0.15) is 63.8 Å². The predicted molar refractivity (Wildman–Crippen MR) is 109 cm³/mol. The Kier molecular flexibility index (Phi) is 5.26. The number of allylic oxidation sites excluding steroid dienone is 1. The third kappa shape index (κ3) is 4.06. The van der Waals surface area contributed by atoms with Crippen molar-refractivity contribution >= 4 is 18.0 Å². The summed E-state index contributed by atoms with van der Waals surface area (Å²) < 4.78 is 11.2. The van der Waals surface area contributed by atoms with Crippen LogP contribution in [-0.4, -0.2) is 17.5 Å². The highest BCUT2D eigenvalue weighted by molar-refractivity contribution is 5.83. The van der Waals surface area contributed by atoms with Crippen molar-refractivity contribution in [1.29, 1.82) is 0 Å². The molecule has 3 rings (SSSR count). The van der Waals surface area contributed by atoms with Gasteiger partial charge in [0.2, 0.25) is 0 Å². The summed E-state index contributed by atoms with van der Waals surface area (Å²) in [5.41, 5.74) is 2.68. The quantitative estimate of drug-likeness (QED) is 0.529. The highest BCUT2D eigenvalue weighted by Crippen LogP contribution is 2.60. The number of esters is 2. The minimum Gasteiger partial charge on any atom is -0.457 e. The maximum Gasteiger partial charge on any atom is 0.330 e. The van der Waals surface area contributed by atoms with E-state index in [1.165, 1.54) is 11.6 Å². The Balaban J connectivity index is 1.65. The van der Waals surface area contributed by atoms with E-state index in [0.29, 0.717) is 0 Å². The van der Waals surface area contributed by atoms with Gasteiger partial charge in [-0.25, -0.2) is 4.79 Å². The first-order valence-corrected chi connectivity index (χ1v) is 9.90. The molecule has 0 spiro atoms. The second-order valence-corrected chi connectivity index (χ2v) is 9.30. The molecule has 1 saturated carbocycles. The van der Waals surface area contributed by atoms with Gasteiger partial charge in [0.1, 0.15) is 11.7 Å². The monoisotopic (exact) mass is 382 g/mol. The van der Waals surface area contributed by atoms with E-state index in [2.05, 4.69) is 6.58 Å². The lowest BCUT2D eigenvalue weighted by atomic mass is 10.0. The molecule has 150 valence electrons. The fourth-order valence-corrected chi connectivity index (χ4v) is 4.18. The lowest BCUT2D eigenvalue weighted by Crippen LogP contribution is -2.22. The average molecular weight is 383 g/mol. The third-order valence-electron chi connectivity index (χ3n) is 5.74. The molecule has 0 aromatic heterocycles. The number of benzene rings is 1. The summed E-state index contributed by atoms with van der Waals surface area (Å²) in [4.78, 5) is 24.8. The Morgan fingerprint density at radius 2 is 1.96 bits per heavy atom. The minimum absolute atomic E-state index is 0.0205. The molecule has 0 bridgehead atoms. The van der Waals surface area contributed by atoms with Crippen molar-refractivity contribution < 1.29 is 19.1 Å². The average Bonchev–Trinajstić information content (AvgIpc) is 2.92. The van der Waals surface area contributed by atoms with Crippen molar-refractivity contribution in [1.82, 2.24) is 0 Å².